The Balaban J connectivity index is 1.98. The van der Waals surface area contributed by atoms with Gasteiger partial charge in [-0.05, 0) is 11.8 Å². The van der Waals surface area contributed by atoms with E-state index in [1.165, 1.54) is 16.8 Å². The Morgan fingerprint density at radius 1 is 1.18 bits per heavy atom. The number of aliphatic imine (C=N–C) groups is 1. The summed E-state index contributed by atoms with van der Waals surface area (Å²) in [6, 6.07) is 9.49. The van der Waals surface area contributed by atoms with Crippen molar-refractivity contribution in [1.82, 2.24) is 5.01 Å². The third-order valence-corrected chi connectivity index (χ3v) is 3.30. The molecule has 2 aliphatic heterocycles. The first-order valence-electron chi connectivity index (χ1n) is 5.00. The molecule has 0 fully saturated rings. The number of carbonyl (C=O) groups excluding carboxylic acids is 2. The van der Waals surface area contributed by atoms with Crippen LogP contribution in [0.15, 0.2) is 40.4 Å². The Kier molecular flexibility index (Phi) is 2.29. The number of hydrogen-bond acceptors (Lipinski definition) is 4. The number of thioether (sulfide) groups is 1. The molecule has 0 atom stereocenters. The molecule has 0 aliphatic carbocycles. The Bertz CT molecular complexity index is 565. The lowest BCUT2D eigenvalue weighted by Gasteiger charge is -2.14. The van der Waals surface area contributed by atoms with E-state index in [1.54, 1.807) is 0 Å². The summed E-state index contributed by atoms with van der Waals surface area (Å²) in [6.45, 7) is 0. The van der Waals surface area contributed by atoms with Crippen LogP contribution in [-0.4, -0.2) is 27.0 Å². The summed E-state index contributed by atoms with van der Waals surface area (Å²) in [5.41, 5.74) is 0.912. The number of hydrazone groups is 1. The van der Waals surface area contributed by atoms with E-state index in [0.29, 0.717) is 10.2 Å². The van der Waals surface area contributed by atoms with E-state index in [9.17, 15) is 9.59 Å². The number of benzene rings is 1. The average Bonchev–Trinajstić information content (AvgIpc) is 2.74. The van der Waals surface area contributed by atoms with Crippen molar-refractivity contribution in [1.29, 1.82) is 0 Å². The molecule has 2 amide bonds. The predicted molar refractivity (Wildman–Crippen MR) is 64.5 cm³/mol. The molecular weight excluding hydrogens is 238 g/mol. The van der Waals surface area contributed by atoms with Crippen molar-refractivity contribution in [2.45, 2.75) is 6.42 Å². The van der Waals surface area contributed by atoms with Crippen LogP contribution in [0.25, 0.3) is 0 Å². The monoisotopic (exact) mass is 245 g/mol. The number of amidine groups is 1. The standard InChI is InChI=1S/C11H7N3O2S/c15-8-6-9(16)14-11(12-8)17-10(13-14)7-4-2-1-3-5-7/h1-5H,6H2. The summed E-state index contributed by atoms with van der Waals surface area (Å²) in [5, 5.41) is 6.42. The van der Waals surface area contributed by atoms with Crippen LogP contribution in [0.1, 0.15) is 12.0 Å². The van der Waals surface area contributed by atoms with Gasteiger partial charge in [-0.25, -0.2) is 0 Å². The first-order valence-corrected chi connectivity index (χ1v) is 5.82. The average molecular weight is 245 g/mol. The van der Waals surface area contributed by atoms with Crippen molar-refractivity contribution in [3.63, 3.8) is 0 Å². The second kappa shape index (κ2) is 3.81. The number of amides is 2. The van der Waals surface area contributed by atoms with E-state index in [1.807, 2.05) is 30.3 Å². The van der Waals surface area contributed by atoms with Gasteiger partial charge in [0, 0.05) is 5.56 Å². The highest BCUT2D eigenvalue weighted by atomic mass is 32.2. The zero-order chi connectivity index (χ0) is 11.8. The largest absolute Gasteiger partial charge is 0.272 e. The predicted octanol–water partition coefficient (Wildman–Crippen LogP) is 1.21. The minimum Gasteiger partial charge on any atom is -0.272 e. The molecule has 1 aromatic rings. The second-order valence-electron chi connectivity index (χ2n) is 3.54. The third-order valence-electron chi connectivity index (χ3n) is 2.34. The molecule has 0 N–H and O–H groups in total. The zero-order valence-corrected chi connectivity index (χ0v) is 9.48. The van der Waals surface area contributed by atoms with Gasteiger partial charge < -0.3 is 0 Å². The Morgan fingerprint density at radius 3 is 2.71 bits per heavy atom. The molecule has 1 aromatic carbocycles. The van der Waals surface area contributed by atoms with Crippen molar-refractivity contribution >= 4 is 33.8 Å². The fraction of sp³-hybridized carbons (Fsp3) is 0.0909. The molecule has 2 aliphatic rings. The molecule has 0 saturated heterocycles. The molecule has 6 heteroatoms. The summed E-state index contributed by atoms with van der Waals surface area (Å²) in [7, 11) is 0. The topological polar surface area (TPSA) is 62.1 Å². The first-order chi connectivity index (χ1) is 8.24. The molecule has 5 nitrogen and oxygen atoms in total. The molecule has 17 heavy (non-hydrogen) atoms. The van der Waals surface area contributed by atoms with Gasteiger partial charge in [0.2, 0.25) is 5.17 Å². The van der Waals surface area contributed by atoms with Crippen molar-refractivity contribution in [2.24, 2.45) is 10.1 Å². The number of nitrogens with zero attached hydrogens (tertiary/aromatic N) is 3. The molecule has 0 aromatic heterocycles. The van der Waals surface area contributed by atoms with E-state index in [-0.39, 0.29) is 12.3 Å². The van der Waals surface area contributed by atoms with Crippen LogP contribution < -0.4 is 0 Å². The minimum absolute atomic E-state index is 0.199. The van der Waals surface area contributed by atoms with Crippen molar-refractivity contribution in [2.75, 3.05) is 0 Å². The lowest BCUT2D eigenvalue weighted by Crippen LogP contribution is -2.33. The zero-order valence-electron chi connectivity index (χ0n) is 8.66. The van der Waals surface area contributed by atoms with Gasteiger partial charge in [-0.2, -0.15) is 15.1 Å². The number of rotatable bonds is 1. The number of carbonyl (C=O) groups is 2. The van der Waals surface area contributed by atoms with Crippen LogP contribution in [0.5, 0.6) is 0 Å². The molecule has 0 saturated carbocycles. The van der Waals surface area contributed by atoms with Gasteiger partial charge in [-0.15, -0.1) is 0 Å². The summed E-state index contributed by atoms with van der Waals surface area (Å²) in [6.07, 6.45) is -0.199. The quantitative estimate of drug-likeness (QED) is 0.699. The Labute approximate surface area is 101 Å². The SMILES string of the molecule is O=C1CC(=O)N2N=C(c3ccccc3)SC2=N1. The van der Waals surface area contributed by atoms with Gasteiger partial charge >= 0.3 is 0 Å². The van der Waals surface area contributed by atoms with Crippen LogP contribution in [0.2, 0.25) is 0 Å². The molecule has 2 heterocycles. The van der Waals surface area contributed by atoms with E-state index < -0.39 is 5.91 Å². The maximum atomic E-state index is 11.6. The maximum absolute atomic E-state index is 11.6. The van der Waals surface area contributed by atoms with Crippen molar-refractivity contribution < 1.29 is 9.59 Å². The first kappa shape index (κ1) is 10.2. The van der Waals surface area contributed by atoms with Gasteiger partial charge in [0.25, 0.3) is 11.8 Å². The number of fused-ring (bicyclic) bond motifs is 1. The van der Waals surface area contributed by atoms with E-state index >= 15 is 0 Å². The van der Waals surface area contributed by atoms with Crippen LogP contribution in [0, 0.1) is 0 Å². The van der Waals surface area contributed by atoms with Crippen molar-refractivity contribution in [3.05, 3.63) is 35.9 Å². The van der Waals surface area contributed by atoms with Crippen LogP contribution in [0.4, 0.5) is 0 Å². The van der Waals surface area contributed by atoms with Crippen LogP contribution in [-0.2, 0) is 9.59 Å². The number of hydrogen-bond donors (Lipinski definition) is 0. The fourth-order valence-corrected chi connectivity index (χ4v) is 2.49. The van der Waals surface area contributed by atoms with Gasteiger partial charge in [-0.3, -0.25) is 9.59 Å². The van der Waals surface area contributed by atoms with Crippen LogP contribution in [0.3, 0.4) is 0 Å². The summed E-state index contributed by atoms with van der Waals surface area (Å²) < 4.78 is 0. The second-order valence-corrected chi connectivity index (χ2v) is 4.50. The molecule has 3 rings (SSSR count). The van der Waals surface area contributed by atoms with Crippen LogP contribution >= 0.6 is 11.8 Å². The molecular formula is C11H7N3O2S. The fourth-order valence-electron chi connectivity index (χ4n) is 1.56. The summed E-state index contributed by atoms with van der Waals surface area (Å²) in [5.74, 6) is -0.725. The molecule has 0 unspecified atom stereocenters. The van der Waals surface area contributed by atoms with E-state index in [0.717, 1.165) is 5.56 Å². The van der Waals surface area contributed by atoms with Gasteiger partial charge in [0.1, 0.15) is 11.5 Å². The van der Waals surface area contributed by atoms with E-state index in [4.69, 9.17) is 0 Å². The van der Waals surface area contributed by atoms with Gasteiger partial charge in [-0.1, -0.05) is 30.3 Å². The molecule has 84 valence electrons. The van der Waals surface area contributed by atoms with Gasteiger partial charge in [0.15, 0.2) is 0 Å². The molecule has 0 bridgehead atoms. The highest BCUT2D eigenvalue weighted by Crippen LogP contribution is 2.28. The highest BCUT2D eigenvalue weighted by molar-refractivity contribution is 8.27. The summed E-state index contributed by atoms with van der Waals surface area (Å²) in [4.78, 5) is 26.5. The highest BCUT2D eigenvalue weighted by Gasteiger charge is 2.34. The molecule has 0 radical (unpaired) electrons. The Morgan fingerprint density at radius 2 is 1.94 bits per heavy atom. The maximum Gasteiger partial charge on any atom is 0.258 e. The normalized spacial score (nSPS) is 18.9. The lowest BCUT2D eigenvalue weighted by atomic mass is 10.2. The van der Waals surface area contributed by atoms with Gasteiger partial charge in [0.05, 0.1) is 0 Å². The minimum atomic E-state index is -0.404. The lowest BCUT2D eigenvalue weighted by molar-refractivity contribution is -0.133. The summed E-state index contributed by atoms with van der Waals surface area (Å²) >= 11 is 1.24. The Hall–Kier alpha value is -1.95. The molecule has 0 spiro atoms. The smallest absolute Gasteiger partial charge is 0.258 e. The van der Waals surface area contributed by atoms with E-state index in [2.05, 4.69) is 10.1 Å². The van der Waals surface area contributed by atoms with Crippen molar-refractivity contribution in [3.8, 4) is 0 Å². The third kappa shape index (κ3) is 1.76.